The van der Waals surface area contributed by atoms with E-state index in [4.69, 9.17) is 5.73 Å². The van der Waals surface area contributed by atoms with Gasteiger partial charge in [-0.2, -0.15) is 10.2 Å². The van der Waals surface area contributed by atoms with E-state index in [2.05, 4.69) is 25.5 Å². The molecule has 0 aliphatic carbocycles. The lowest BCUT2D eigenvalue weighted by Gasteiger charge is -2.09. The Hall–Kier alpha value is -3.29. The molecule has 3 aromatic rings. The first-order chi connectivity index (χ1) is 10.6. The van der Waals surface area contributed by atoms with Crippen LogP contribution < -0.4 is 11.1 Å². The van der Waals surface area contributed by atoms with Crippen LogP contribution in [0, 0.1) is 6.92 Å². The van der Waals surface area contributed by atoms with Crippen LogP contribution in [0.2, 0.25) is 0 Å². The molecule has 1 amide bonds. The van der Waals surface area contributed by atoms with Gasteiger partial charge in [-0.05, 0) is 25.1 Å². The van der Waals surface area contributed by atoms with Gasteiger partial charge < -0.3 is 11.1 Å². The van der Waals surface area contributed by atoms with E-state index in [0.717, 1.165) is 5.69 Å². The molecule has 3 N–H and O–H groups in total. The summed E-state index contributed by atoms with van der Waals surface area (Å²) in [6, 6.07) is 5.05. The predicted octanol–water partition coefficient (Wildman–Crippen LogP) is 1.21. The smallest absolute Gasteiger partial charge is 0.252 e. The topological polar surface area (TPSA) is 112 Å². The highest BCUT2D eigenvalue weighted by Crippen LogP contribution is 2.19. The Kier molecular flexibility index (Phi) is 3.48. The van der Waals surface area contributed by atoms with Crippen molar-refractivity contribution >= 4 is 17.4 Å². The molecule has 8 nitrogen and oxygen atoms in total. The number of anilines is 2. The van der Waals surface area contributed by atoms with Crippen molar-refractivity contribution in [2.75, 3.05) is 5.32 Å². The first kappa shape index (κ1) is 13.7. The third-order valence-corrected chi connectivity index (χ3v) is 2.90. The molecule has 0 saturated carbocycles. The lowest BCUT2D eigenvalue weighted by molar-refractivity contribution is 0.100. The van der Waals surface area contributed by atoms with Gasteiger partial charge in [-0.1, -0.05) is 0 Å². The lowest BCUT2D eigenvalue weighted by Crippen LogP contribution is -2.14. The number of nitrogens with two attached hydrogens (primary N) is 1. The van der Waals surface area contributed by atoms with Crippen molar-refractivity contribution in [1.29, 1.82) is 0 Å². The first-order valence-corrected chi connectivity index (χ1v) is 6.50. The first-order valence-electron chi connectivity index (χ1n) is 6.50. The molecule has 0 aliphatic heterocycles. The molecule has 0 unspecified atom stereocenters. The number of pyridine rings is 2. The minimum absolute atomic E-state index is 0.306. The highest BCUT2D eigenvalue weighted by Gasteiger charge is 2.10. The number of aromatic nitrogens is 5. The van der Waals surface area contributed by atoms with Crippen molar-refractivity contribution in [3.63, 3.8) is 0 Å². The van der Waals surface area contributed by atoms with E-state index in [-0.39, 0.29) is 0 Å². The third-order valence-electron chi connectivity index (χ3n) is 2.90. The molecule has 0 radical (unpaired) electrons. The highest BCUT2D eigenvalue weighted by atomic mass is 16.1. The molecule has 8 heteroatoms. The standard InChI is InChI=1S/C14H13N7O/c1-9-6-18-21(20-9)11-5-10(7-16-8-11)19-14-12(13(15)22)3-2-4-17-14/h2-8H,1H3,(H2,15,22)(H,17,19). The third kappa shape index (κ3) is 2.75. The number of rotatable bonds is 4. The molecular formula is C14H13N7O. The number of aryl methyl sites for hydroxylation is 1. The molecule has 110 valence electrons. The van der Waals surface area contributed by atoms with Crippen LogP contribution in [0.25, 0.3) is 5.69 Å². The summed E-state index contributed by atoms with van der Waals surface area (Å²) in [6.45, 7) is 1.85. The molecule has 3 heterocycles. The monoisotopic (exact) mass is 295 g/mol. The average molecular weight is 295 g/mol. The van der Waals surface area contributed by atoms with Crippen molar-refractivity contribution in [3.8, 4) is 5.69 Å². The van der Waals surface area contributed by atoms with E-state index >= 15 is 0 Å². The summed E-state index contributed by atoms with van der Waals surface area (Å²) in [7, 11) is 0. The predicted molar refractivity (Wildman–Crippen MR) is 79.9 cm³/mol. The molecule has 0 aliphatic rings. The van der Waals surface area contributed by atoms with Gasteiger partial charge in [0.1, 0.15) is 11.5 Å². The van der Waals surface area contributed by atoms with E-state index in [9.17, 15) is 4.79 Å². The van der Waals surface area contributed by atoms with E-state index < -0.39 is 5.91 Å². The maximum absolute atomic E-state index is 11.4. The number of hydrogen-bond donors (Lipinski definition) is 2. The molecule has 0 saturated heterocycles. The second-order valence-corrected chi connectivity index (χ2v) is 4.60. The Morgan fingerprint density at radius 3 is 2.91 bits per heavy atom. The maximum Gasteiger partial charge on any atom is 0.252 e. The number of amides is 1. The summed E-state index contributed by atoms with van der Waals surface area (Å²) >= 11 is 0. The van der Waals surface area contributed by atoms with Crippen LogP contribution in [0.15, 0.2) is 43.0 Å². The molecule has 0 fully saturated rings. The minimum atomic E-state index is -0.552. The minimum Gasteiger partial charge on any atom is -0.365 e. The van der Waals surface area contributed by atoms with E-state index in [0.29, 0.717) is 22.8 Å². The second-order valence-electron chi connectivity index (χ2n) is 4.60. The molecule has 3 aromatic heterocycles. The van der Waals surface area contributed by atoms with E-state index in [1.54, 1.807) is 43.0 Å². The van der Waals surface area contributed by atoms with Gasteiger partial charge in [-0.25, -0.2) is 4.98 Å². The normalized spacial score (nSPS) is 10.4. The number of primary amides is 1. The number of hydrogen-bond acceptors (Lipinski definition) is 6. The Labute approximate surface area is 126 Å². The van der Waals surface area contributed by atoms with E-state index in [1.807, 2.05) is 6.92 Å². The van der Waals surface area contributed by atoms with Crippen molar-refractivity contribution in [1.82, 2.24) is 25.0 Å². The SMILES string of the molecule is Cc1cnn(-c2cncc(Nc3ncccc3C(N)=O)c2)n1. The Bertz CT molecular complexity index is 827. The van der Waals surface area contributed by atoms with Crippen molar-refractivity contribution < 1.29 is 4.79 Å². The highest BCUT2D eigenvalue weighted by molar-refractivity contribution is 5.98. The van der Waals surface area contributed by atoms with Crippen LogP contribution in [0.1, 0.15) is 16.1 Å². The van der Waals surface area contributed by atoms with Gasteiger partial charge in [0.05, 0.1) is 35.5 Å². The summed E-state index contributed by atoms with van der Waals surface area (Å²) in [4.78, 5) is 21.1. The van der Waals surface area contributed by atoms with Gasteiger partial charge in [-0.3, -0.25) is 9.78 Å². The number of nitrogens with one attached hydrogen (secondary N) is 1. The van der Waals surface area contributed by atoms with Crippen molar-refractivity contribution in [3.05, 3.63) is 54.2 Å². The van der Waals surface area contributed by atoms with Crippen LogP contribution in [-0.2, 0) is 0 Å². The number of carbonyl (C=O) groups excluding carboxylic acids is 1. The Balaban J connectivity index is 1.92. The summed E-state index contributed by atoms with van der Waals surface area (Å²) in [5.74, 6) is -0.178. The van der Waals surface area contributed by atoms with Crippen molar-refractivity contribution in [2.24, 2.45) is 5.73 Å². The lowest BCUT2D eigenvalue weighted by atomic mass is 10.2. The van der Waals surface area contributed by atoms with Gasteiger partial charge in [0.15, 0.2) is 0 Å². The molecule has 0 atom stereocenters. The molecule has 0 aromatic carbocycles. The van der Waals surface area contributed by atoms with Gasteiger partial charge in [-0.15, -0.1) is 4.80 Å². The number of nitrogens with zero attached hydrogens (tertiary/aromatic N) is 5. The zero-order chi connectivity index (χ0) is 15.5. The fraction of sp³-hybridized carbons (Fsp3) is 0.0714. The second kappa shape index (κ2) is 5.60. The molecule has 3 rings (SSSR count). The van der Waals surface area contributed by atoms with Crippen LogP contribution in [0.3, 0.4) is 0 Å². The van der Waals surface area contributed by atoms with Crippen LogP contribution in [-0.4, -0.2) is 30.9 Å². The Morgan fingerprint density at radius 1 is 1.32 bits per heavy atom. The van der Waals surface area contributed by atoms with Crippen LogP contribution in [0.4, 0.5) is 11.5 Å². The zero-order valence-electron chi connectivity index (χ0n) is 11.8. The van der Waals surface area contributed by atoms with Gasteiger partial charge >= 0.3 is 0 Å². The summed E-state index contributed by atoms with van der Waals surface area (Å²) < 4.78 is 0. The van der Waals surface area contributed by atoms with Gasteiger partial charge in [0, 0.05) is 6.20 Å². The molecule has 0 spiro atoms. The number of carbonyl (C=O) groups is 1. The zero-order valence-corrected chi connectivity index (χ0v) is 11.8. The van der Waals surface area contributed by atoms with E-state index in [1.165, 1.54) is 4.80 Å². The summed E-state index contributed by atoms with van der Waals surface area (Å²) in [5, 5.41) is 11.4. The van der Waals surface area contributed by atoms with Crippen LogP contribution in [0.5, 0.6) is 0 Å². The Morgan fingerprint density at radius 2 is 2.18 bits per heavy atom. The average Bonchev–Trinajstić information content (AvgIpc) is 2.94. The molecular weight excluding hydrogens is 282 g/mol. The summed E-state index contributed by atoms with van der Waals surface area (Å²) in [5.41, 5.74) is 7.78. The van der Waals surface area contributed by atoms with Crippen molar-refractivity contribution in [2.45, 2.75) is 6.92 Å². The quantitative estimate of drug-likeness (QED) is 0.748. The molecule has 0 bridgehead atoms. The van der Waals surface area contributed by atoms with Gasteiger partial charge in [0.25, 0.3) is 5.91 Å². The molecule has 22 heavy (non-hydrogen) atoms. The van der Waals surface area contributed by atoms with Gasteiger partial charge in [0.2, 0.25) is 0 Å². The maximum atomic E-state index is 11.4. The fourth-order valence-electron chi connectivity index (χ4n) is 1.91. The largest absolute Gasteiger partial charge is 0.365 e. The summed E-state index contributed by atoms with van der Waals surface area (Å²) in [6.07, 6.45) is 6.48. The fourth-order valence-corrected chi connectivity index (χ4v) is 1.91. The van der Waals surface area contributed by atoms with Crippen LogP contribution >= 0.6 is 0 Å².